The van der Waals surface area contributed by atoms with Crippen molar-refractivity contribution in [2.45, 2.75) is 13.0 Å². The molecule has 152 valence electrons. The summed E-state index contributed by atoms with van der Waals surface area (Å²) in [6.07, 6.45) is 0. The van der Waals surface area contributed by atoms with Crippen molar-refractivity contribution >= 4 is 11.7 Å². The van der Waals surface area contributed by atoms with Crippen LogP contribution in [0, 0.1) is 0 Å². The SMILES string of the molecule is COc1ccc([C@@H]2C(C(C)=O)=C(O)C(=O)N2CCN2CCOCC2)cc1OC. The van der Waals surface area contributed by atoms with E-state index >= 15 is 0 Å². The van der Waals surface area contributed by atoms with Gasteiger partial charge in [0.05, 0.1) is 39.0 Å². The van der Waals surface area contributed by atoms with Gasteiger partial charge in [0, 0.05) is 26.2 Å². The van der Waals surface area contributed by atoms with Gasteiger partial charge in [0.15, 0.2) is 23.0 Å². The van der Waals surface area contributed by atoms with E-state index in [0.717, 1.165) is 13.1 Å². The number of amides is 1. The second-order valence-electron chi connectivity index (χ2n) is 6.79. The molecule has 2 aliphatic rings. The lowest BCUT2D eigenvalue weighted by molar-refractivity contribution is -0.129. The fourth-order valence-electron chi connectivity index (χ4n) is 3.69. The second kappa shape index (κ2) is 8.62. The van der Waals surface area contributed by atoms with Gasteiger partial charge in [-0.15, -0.1) is 0 Å². The second-order valence-corrected chi connectivity index (χ2v) is 6.79. The maximum absolute atomic E-state index is 12.7. The summed E-state index contributed by atoms with van der Waals surface area (Å²) in [6, 6.07) is 4.58. The predicted molar refractivity (Wildman–Crippen MR) is 102 cm³/mol. The van der Waals surface area contributed by atoms with Crippen molar-refractivity contribution in [3.8, 4) is 11.5 Å². The molecule has 0 spiro atoms. The number of rotatable bonds is 7. The molecular weight excluding hydrogens is 364 g/mol. The first-order valence-electron chi connectivity index (χ1n) is 9.25. The van der Waals surface area contributed by atoms with Crippen molar-refractivity contribution in [1.29, 1.82) is 0 Å². The summed E-state index contributed by atoms with van der Waals surface area (Å²) < 4.78 is 16.0. The summed E-state index contributed by atoms with van der Waals surface area (Å²) in [6.45, 7) is 5.29. The lowest BCUT2D eigenvalue weighted by Crippen LogP contribution is -2.43. The van der Waals surface area contributed by atoms with Crippen LogP contribution in [0.25, 0.3) is 0 Å². The van der Waals surface area contributed by atoms with Gasteiger partial charge in [-0.3, -0.25) is 14.5 Å². The van der Waals surface area contributed by atoms with Crippen LogP contribution in [0.2, 0.25) is 0 Å². The lowest BCUT2D eigenvalue weighted by Gasteiger charge is -2.31. The number of morpholine rings is 1. The fraction of sp³-hybridized carbons (Fsp3) is 0.500. The number of nitrogens with zero attached hydrogens (tertiary/aromatic N) is 2. The van der Waals surface area contributed by atoms with Crippen molar-refractivity contribution in [3.05, 3.63) is 35.1 Å². The van der Waals surface area contributed by atoms with Crippen molar-refractivity contribution in [3.63, 3.8) is 0 Å². The molecule has 8 heteroatoms. The van der Waals surface area contributed by atoms with Crippen LogP contribution >= 0.6 is 0 Å². The molecule has 1 aromatic carbocycles. The number of Topliss-reactive ketones (excluding diaryl/α,β-unsaturated/α-hetero) is 1. The van der Waals surface area contributed by atoms with Crippen LogP contribution in [-0.2, 0) is 14.3 Å². The van der Waals surface area contributed by atoms with Crippen molar-refractivity contribution < 1.29 is 28.9 Å². The molecule has 0 aliphatic carbocycles. The first-order chi connectivity index (χ1) is 13.5. The van der Waals surface area contributed by atoms with Crippen LogP contribution in [0.15, 0.2) is 29.5 Å². The summed E-state index contributed by atoms with van der Waals surface area (Å²) in [5.74, 6) is -0.296. The van der Waals surface area contributed by atoms with Gasteiger partial charge in [0.2, 0.25) is 0 Å². The molecule has 1 amide bonds. The lowest BCUT2D eigenvalue weighted by atomic mass is 9.96. The summed E-state index contributed by atoms with van der Waals surface area (Å²) in [5, 5.41) is 10.4. The third-order valence-electron chi connectivity index (χ3n) is 5.17. The quantitative estimate of drug-likeness (QED) is 0.751. The number of hydrogen-bond acceptors (Lipinski definition) is 7. The van der Waals surface area contributed by atoms with Crippen molar-refractivity contribution in [1.82, 2.24) is 9.80 Å². The van der Waals surface area contributed by atoms with E-state index in [4.69, 9.17) is 14.2 Å². The normalized spacial score (nSPS) is 20.6. The minimum Gasteiger partial charge on any atom is -0.503 e. The molecule has 0 radical (unpaired) electrons. The number of carbonyl (C=O) groups is 2. The molecule has 28 heavy (non-hydrogen) atoms. The highest BCUT2D eigenvalue weighted by Gasteiger charge is 2.42. The van der Waals surface area contributed by atoms with Gasteiger partial charge in [-0.05, 0) is 24.6 Å². The van der Waals surface area contributed by atoms with E-state index < -0.39 is 17.7 Å². The van der Waals surface area contributed by atoms with Crippen LogP contribution in [0.1, 0.15) is 18.5 Å². The molecule has 2 heterocycles. The largest absolute Gasteiger partial charge is 0.503 e. The van der Waals surface area contributed by atoms with Gasteiger partial charge in [-0.2, -0.15) is 0 Å². The Morgan fingerprint density at radius 2 is 1.86 bits per heavy atom. The third kappa shape index (κ3) is 3.83. The summed E-state index contributed by atoms with van der Waals surface area (Å²) in [5.41, 5.74) is 0.793. The Hall–Kier alpha value is -2.58. The molecule has 0 bridgehead atoms. The highest BCUT2D eigenvalue weighted by atomic mass is 16.5. The molecule has 1 atom stereocenters. The van der Waals surface area contributed by atoms with E-state index in [9.17, 15) is 14.7 Å². The average molecular weight is 390 g/mol. The van der Waals surface area contributed by atoms with Gasteiger partial charge in [0.1, 0.15) is 0 Å². The molecule has 2 aliphatic heterocycles. The minimum atomic E-state index is -0.661. The van der Waals surface area contributed by atoms with Gasteiger partial charge in [0.25, 0.3) is 5.91 Å². The standard InChI is InChI=1S/C20H26N2O6/c1-13(23)17-18(14-4-5-15(26-2)16(12-14)27-3)22(20(25)19(17)24)7-6-21-8-10-28-11-9-21/h4-5,12,18,24H,6-11H2,1-3H3/t18-/m1/s1. The minimum absolute atomic E-state index is 0.110. The Balaban J connectivity index is 1.92. The number of ether oxygens (including phenoxy) is 3. The first-order valence-corrected chi connectivity index (χ1v) is 9.25. The number of hydrogen-bond donors (Lipinski definition) is 1. The molecule has 1 saturated heterocycles. The number of ketones is 1. The molecule has 8 nitrogen and oxygen atoms in total. The van der Waals surface area contributed by atoms with E-state index in [0.29, 0.717) is 43.4 Å². The molecule has 3 rings (SSSR count). The fourth-order valence-corrected chi connectivity index (χ4v) is 3.69. The number of aliphatic hydroxyl groups is 1. The Kier molecular flexibility index (Phi) is 6.21. The van der Waals surface area contributed by atoms with E-state index in [2.05, 4.69) is 4.90 Å². The monoisotopic (exact) mass is 390 g/mol. The average Bonchev–Trinajstić information content (AvgIpc) is 2.97. The molecule has 0 aromatic heterocycles. The predicted octanol–water partition coefficient (Wildman–Crippen LogP) is 1.32. The highest BCUT2D eigenvalue weighted by Crippen LogP contribution is 2.40. The van der Waals surface area contributed by atoms with Crippen molar-refractivity contribution in [2.24, 2.45) is 0 Å². The molecular formula is C20H26N2O6. The van der Waals surface area contributed by atoms with E-state index in [1.54, 1.807) is 23.1 Å². The topological polar surface area (TPSA) is 88.5 Å². The molecule has 1 fully saturated rings. The van der Waals surface area contributed by atoms with Gasteiger partial charge < -0.3 is 24.2 Å². The number of carbonyl (C=O) groups excluding carboxylic acids is 2. The zero-order chi connectivity index (χ0) is 20.3. The molecule has 1 N–H and O–H groups in total. The number of methoxy groups -OCH3 is 2. The Morgan fingerprint density at radius 3 is 2.46 bits per heavy atom. The maximum atomic E-state index is 12.7. The summed E-state index contributed by atoms with van der Waals surface area (Å²) in [7, 11) is 3.06. The Morgan fingerprint density at radius 1 is 1.18 bits per heavy atom. The Labute approximate surface area is 164 Å². The maximum Gasteiger partial charge on any atom is 0.290 e. The van der Waals surface area contributed by atoms with Crippen LogP contribution < -0.4 is 9.47 Å². The Bertz CT molecular complexity index is 785. The number of aliphatic hydroxyl groups excluding tert-OH is 1. The highest BCUT2D eigenvalue weighted by molar-refractivity contribution is 6.08. The molecule has 0 saturated carbocycles. The molecule has 1 aromatic rings. The summed E-state index contributed by atoms with van der Waals surface area (Å²) >= 11 is 0. The zero-order valence-electron chi connectivity index (χ0n) is 16.4. The molecule has 0 unspecified atom stereocenters. The van der Waals surface area contributed by atoms with E-state index in [-0.39, 0.29) is 11.4 Å². The third-order valence-corrected chi connectivity index (χ3v) is 5.17. The number of benzene rings is 1. The zero-order valence-corrected chi connectivity index (χ0v) is 16.4. The van der Waals surface area contributed by atoms with Gasteiger partial charge in [-0.1, -0.05) is 6.07 Å². The van der Waals surface area contributed by atoms with Crippen LogP contribution in [0.4, 0.5) is 0 Å². The van der Waals surface area contributed by atoms with E-state index in [1.807, 2.05) is 0 Å². The van der Waals surface area contributed by atoms with Crippen LogP contribution in [0.5, 0.6) is 11.5 Å². The van der Waals surface area contributed by atoms with Gasteiger partial charge in [-0.25, -0.2) is 0 Å². The van der Waals surface area contributed by atoms with E-state index in [1.165, 1.54) is 21.1 Å². The first kappa shape index (κ1) is 20.2. The van der Waals surface area contributed by atoms with Crippen LogP contribution in [0.3, 0.4) is 0 Å². The van der Waals surface area contributed by atoms with Crippen molar-refractivity contribution in [2.75, 3.05) is 53.6 Å². The summed E-state index contributed by atoms with van der Waals surface area (Å²) in [4.78, 5) is 28.7. The van der Waals surface area contributed by atoms with Crippen LogP contribution in [-0.4, -0.2) is 80.2 Å². The van der Waals surface area contributed by atoms with Gasteiger partial charge >= 0.3 is 0 Å². The smallest absolute Gasteiger partial charge is 0.290 e.